The van der Waals surface area contributed by atoms with E-state index in [2.05, 4.69) is 0 Å². The summed E-state index contributed by atoms with van der Waals surface area (Å²) < 4.78 is 24.7. The van der Waals surface area contributed by atoms with Gasteiger partial charge in [0.05, 0.1) is 11.4 Å². The first-order valence-corrected chi connectivity index (χ1v) is 9.24. The lowest BCUT2D eigenvalue weighted by atomic mass is 10.1. The van der Waals surface area contributed by atoms with Crippen molar-refractivity contribution >= 4 is 39.8 Å². The van der Waals surface area contributed by atoms with Crippen molar-refractivity contribution in [3.8, 4) is 16.9 Å². The zero-order chi connectivity index (χ0) is 19.6. The smallest absolute Gasteiger partial charge is 0.339 e. The molecular weight excluding hydrogens is 390 g/mol. The van der Waals surface area contributed by atoms with Crippen LogP contribution in [0.5, 0.6) is 5.75 Å². The number of nitrogens with zero attached hydrogens (tertiary/aromatic N) is 1. The molecule has 8 heteroatoms. The predicted molar refractivity (Wildman–Crippen MR) is 104 cm³/mol. The summed E-state index contributed by atoms with van der Waals surface area (Å²) >= 11 is 5.90. The maximum absolute atomic E-state index is 11.9. The summed E-state index contributed by atoms with van der Waals surface area (Å²) in [4.78, 5) is 11.0. The van der Waals surface area contributed by atoms with Crippen molar-refractivity contribution in [1.29, 1.82) is 0 Å². The number of anilines is 2. The number of benzene rings is 3. The van der Waals surface area contributed by atoms with Gasteiger partial charge >= 0.3 is 5.97 Å². The molecule has 6 nitrogen and oxygen atoms in total. The summed E-state index contributed by atoms with van der Waals surface area (Å²) in [5, 5.41) is 19.5. The standard InChI is InChI=1S/C19H14ClNO5S/c20-14-6-4-12(5-7-14)13-2-1-3-15(10-13)21(27(25)26)16-8-9-17(19(23)24)18(22)11-16/h1-11,22,27H,(H,23,24). The van der Waals surface area contributed by atoms with Gasteiger partial charge in [-0.05, 0) is 47.5 Å². The van der Waals surface area contributed by atoms with Gasteiger partial charge in [-0.1, -0.05) is 35.9 Å². The van der Waals surface area contributed by atoms with Crippen LogP contribution in [-0.2, 0) is 10.9 Å². The van der Waals surface area contributed by atoms with Gasteiger partial charge in [0.25, 0.3) is 0 Å². The number of carbonyl (C=O) groups is 1. The van der Waals surface area contributed by atoms with Gasteiger partial charge in [0.2, 0.25) is 10.9 Å². The van der Waals surface area contributed by atoms with Crippen LogP contribution in [0, 0.1) is 0 Å². The van der Waals surface area contributed by atoms with Crippen molar-refractivity contribution in [2.45, 2.75) is 0 Å². The number of carboxylic acids is 1. The second-order valence-electron chi connectivity index (χ2n) is 5.61. The van der Waals surface area contributed by atoms with Gasteiger partial charge in [-0.3, -0.25) is 0 Å². The van der Waals surface area contributed by atoms with Gasteiger partial charge in [-0.15, -0.1) is 0 Å². The number of halogens is 1. The van der Waals surface area contributed by atoms with Gasteiger partial charge in [0.1, 0.15) is 11.3 Å². The summed E-state index contributed by atoms with van der Waals surface area (Å²) in [5.41, 5.74) is 1.79. The van der Waals surface area contributed by atoms with Crippen molar-refractivity contribution in [3.05, 3.63) is 77.3 Å². The Labute approximate surface area is 162 Å². The highest BCUT2D eigenvalue weighted by Gasteiger charge is 2.17. The highest BCUT2D eigenvalue weighted by Crippen LogP contribution is 2.33. The van der Waals surface area contributed by atoms with Crippen molar-refractivity contribution in [1.82, 2.24) is 0 Å². The first kappa shape index (κ1) is 18.8. The number of hydrogen-bond donors (Lipinski definition) is 3. The van der Waals surface area contributed by atoms with E-state index < -0.39 is 22.6 Å². The molecule has 0 aliphatic carbocycles. The Bertz CT molecular complexity index is 1070. The third kappa shape index (κ3) is 4.05. The molecule has 2 N–H and O–H groups in total. The van der Waals surface area contributed by atoms with Gasteiger partial charge < -0.3 is 10.2 Å². The number of rotatable bonds is 5. The molecule has 27 heavy (non-hydrogen) atoms. The molecule has 0 amide bonds. The molecule has 138 valence electrons. The van der Waals surface area contributed by atoms with Gasteiger partial charge in [-0.25, -0.2) is 17.5 Å². The van der Waals surface area contributed by atoms with Crippen LogP contribution in [0.4, 0.5) is 11.4 Å². The highest BCUT2D eigenvalue weighted by atomic mass is 35.5. The van der Waals surface area contributed by atoms with Gasteiger partial charge in [-0.2, -0.15) is 0 Å². The second-order valence-corrected chi connectivity index (χ2v) is 6.93. The summed E-state index contributed by atoms with van der Waals surface area (Å²) in [6.07, 6.45) is 0. The summed E-state index contributed by atoms with van der Waals surface area (Å²) in [5.74, 6) is -1.82. The van der Waals surface area contributed by atoms with Crippen molar-refractivity contribution < 1.29 is 23.4 Å². The lowest BCUT2D eigenvalue weighted by molar-refractivity contribution is 0.0694. The molecule has 0 aliphatic rings. The van der Waals surface area contributed by atoms with E-state index in [1.54, 1.807) is 30.3 Å². The van der Waals surface area contributed by atoms with E-state index >= 15 is 0 Å². The number of thiol groups is 1. The van der Waals surface area contributed by atoms with E-state index in [4.69, 9.17) is 16.7 Å². The third-order valence-corrected chi connectivity index (χ3v) is 4.93. The lowest BCUT2D eigenvalue weighted by Crippen LogP contribution is -2.14. The van der Waals surface area contributed by atoms with Crippen LogP contribution in [0.1, 0.15) is 10.4 Å². The number of aromatic carboxylic acids is 1. The average molecular weight is 404 g/mol. The molecule has 0 spiro atoms. The minimum atomic E-state index is -3.09. The zero-order valence-electron chi connectivity index (χ0n) is 13.7. The maximum atomic E-state index is 11.9. The largest absolute Gasteiger partial charge is 0.507 e. The number of hydrogen-bond acceptors (Lipinski definition) is 4. The van der Waals surface area contributed by atoms with E-state index in [-0.39, 0.29) is 11.3 Å². The number of carboxylic acid groups (broad SMARTS) is 1. The van der Waals surface area contributed by atoms with E-state index in [0.29, 0.717) is 10.7 Å². The van der Waals surface area contributed by atoms with Gasteiger partial charge in [0.15, 0.2) is 0 Å². The van der Waals surface area contributed by atoms with Crippen molar-refractivity contribution in [2.24, 2.45) is 0 Å². The normalized spacial score (nSPS) is 10.7. The van der Waals surface area contributed by atoms with Crippen LogP contribution in [0.3, 0.4) is 0 Å². The van der Waals surface area contributed by atoms with Crippen molar-refractivity contribution in [3.63, 3.8) is 0 Å². The van der Waals surface area contributed by atoms with Crippen molar-refractivity contribution in [2.75, 3.05) is 4.31 Å². The van der Waals surface area contributed by atoms with Gasteiger partial charge in [0, 0.05) is 11.1 Å². The number of aromatic hydroxyl groups is 1. The topological polar surface area (TPSA) is 94.9 Å². The van der Waals surface area contributed by atoms with Crippen LogP contribution in [0.25, 0.3) is 11.1 Å². The maximum Gasteiger partial charge on any atom is 0.339 e. The Morgan fingerprint density at radius 1 is 0.889 bits per heavy atom. The second kappa shape index (κ2) is 7.69. The zero-order valence-corrected chi connectivity index (χ0v) is 15.4. The first-order valence-electron chi connectivity index (χ1n) is 7.73. The molecule has 0 saturated carbocycles. The molecule has 0 heterocycles. The van der Waals surface area contributed by atoms with Crippen LogP contribution in [0.15, 0.2) is 66.7 Å². The minimum Gasteiger partial charge on any atom is -0.507 e. The summed E-state index contributed by atoms with van der Waals surface area (Å²) in [6.45, 7) is 0. The fourth-order valence-electron chi connectivity index (χ4n) is 2.63. The molecule has 3 aromatic rings. The average Bonchev–Trinajstić information content (AvgIpc) is 2.62. The third-order valence-electron chi connectivity index (χ3n) is 3.89. The quantitative estimate of drug-likeness (QED) is 0.558. The van der Waals surface area contributed by atoms with E-state index in [0.717, 1.165) is 27.6 Å². The molecule has 0 fully saturated rings. The Morgan fingerprint density at radius 3 is 2.15 bits per heavy atom. The fraction of sp³-hybridized carbons (Fsp3) is 0. The molecule has 3 rings (SSSR count). The Hall–Kier alpha value is -3.03. The molecule has 0 unspecified atom stereocenters. The molecule has 0 atom stereocenters. The van der Waals surface area contributed by atoms with Crippen LogP contribution >= 0.6 is 11.6 Å². The van der Waals surface area contributed by atoms with E-state index in [1.165, 1.54) is 6.07 Å². The van der Waals surface area contributed by atoms with Crippen LogP contribution in [0.2, 0.25) is 5.02 Å². The van der Waals surface area contributed by atoms with Crippen LogP contribution < -0.4 is 4.31 Å². The highest BCUT2D eigenvalue weighted by molar-refractivity contribution is 7.74. The minimum absolute atomic E-state index is 0.127. The molecule has 0 aromatic heterocycles. The fourth-order valence-corrected chi connectivity index (χ4v) is 3.38. The molecule has 0 saturated heterocycles. The molecule has 0 bridgehead atoms. The van der Waals surface area contributed by atoms with Crippen LogP contribution in [-0.4, -0.2) is 24.6 Å². The predicted octanol–water partition coefficient (Wildman–Crippen LogP) is 4.08. The Balaban J connectivity index is 2.06. The molecular formula is C19H14ClNO5S. The Kier molecular flexibility index (Phi) is 5.34. The molecule has 3 aromatic carbocycles. The number of phenols is 1. The van der Waals surface area contributed by atoms with E-state index in [9.17, 15) is 18.3 Å². The van der Waals surface area contributed by atoms with E-state index in [1.807, 2.05) is 18.2 Å². The summed E-state index contributed by atoms with van der Waals surface area (Å²) in [7, 11) is -3.09. The lowest BCUT2D eigenvalue weighted by Gasteiger charge is -2.19. The Morgan fingerprint density at radius 2 is 1.56 bits per heavy atom. The molecule has 0 aliphatic heterocycles. The first-order chi connectivity index (χ1) is 12.9. The monoisotopic (exact) mass is 403 g/mol. The molecule has 0 radical (unpaired) electrons. The SMILES string of the molecule is O=C(O)c1ccc(N(c2cccc(-c3ccc(Cl)cc3)c2)[SH](=O)=O)cc1O. The summed E-state index contributed by atoms with van der Waals surface area (Å²) in [6, 6.07) is 17.5.